The first kappa shape index (κ1) is 17.5. The number of rotatable bonds is 9. The predicted octanol–water partition coefficient (Wildman–Crippen LogP) is 2.86. The third-order valence-electron chi connectivity index (χ3n) is 3.37. The second kappa shape index (κ2) is 9.29. The molecular formula is C18H22N4O2. The summed E-state index contributed by atoms with van der Waals surface area (Å²) in [4.78, 5) is 4.17. The third-order valence-corrected chi connectivity index (χ3v) is 3.37. The van der Waals surface area contributed by atoms with Crippen molar-refractivity contribution in [2.24, 2.45) is 0 Å². The van der Waals surface area contributed by atoms with Crippen LogP contribution in [0.1, 0.15) is 24.1 Å². The number of nitrogens with one attached hydrogen (secondary N) is 3. The highest BCUT2D eigenvalue weighted by molar-refractivity contribution is 5.94. The predicted molar refractivity (Wildman–Crippen MR) is 94.7 cm³/mol. The molecule has 6 heteroatoms. The van der Waals surface area contributed by atoms with Crippen molar-refractivity contribution >= 4 is 12.1 Å². The van der Waals surface area contributed by atoms with Crippen LogP contribution in [0.15, 0.2) is 42.6 Å². The summed E-state index contributed by atoms with van der Waals surface area (Å²) < 4.78 is 11.3. The van der Waals surface area contributed by atoms with Crippen LogP contribution in [-0.2, 0) is 0 Å². The molecule has 0 unspecified atom stereocenters. The van der Waals surface area contributed by atoms with E-state index in [-0.39, 0.29) is 5.84 Å². The van der Waals surface area contributed by atoms with E-state index in [1.54, 1.807) is 19.3 Å². The summed E-state index contributed by atoms with van der Waals surface area (Å²) >= 11 is 0. The van der Waals surface area contributed by atoms with Gasteiger partial charge in [0, 0.05) is 13.3 Å². The molecular weight excluding hydrogens is 304 g/mol. The van der Waals surface area contributed by atoms with Crippen LogP contribution in [0.3, 0.4) is 0 Å². The fourth-order valence-corrected chi connectivity index (χ4v) is 1.99. The average Bonchev–Trinajstić information content (AvgIpc) is 2.65. The van der Waals surface area contributed by atoms with Crippen LogP contribution in [-0.4, -0.2) is 37.3 Å². The third kappa shape index (κ3) is 5.39. The summed E-state index contributed by atoms with van der Waals surface area (Å²) in [5.41, 5.74) is 1.45. The van der Waals surface area contributed by atoms with Crippen molar-refractivity contribution in [3.8, 4) is 11.5 Å². The number of nitrogens with zero attached hydrogens (tertiary/aromatic N) is 1. The van der Waals surface area contributed by atoms with E-state index in [0.29, 0.717) is 24.7 Å². The van der Waals surface area contributed by atoms with Gasteiger partial charge in [-0.25, -0.2) is 4.98 Å². The second-order valence-corrected chi connectivity index (χ2v) is 5.12. The summed E-state index contributed by atoms with van der Waals surface area (Å²) in [5.74, 6) is 1.80. The number of unbranched alkanes of at least 4 members (excludes halogenated alkanes) is 1. The Kier molecular flexibility index (Phi) is 6.76. The van der Waals surface area contributed by atoms with E-state index >= 15 is 0 Å². The Hall–Kier alpha value is -2.89. The molecule has 0 aliphatic rings. The molecule has 0 aliphatic heterocycles. The minimum atomic E-state index is 0.285. The molecule has 1 aromatic carbocycles. The molecule has 0 fully saturated rings. The van der Waals surface area contributed by atoms with Gasteiger partial charge in [-0.15, -0.1) is 0 Å². The highest BCUT2D eigenvalue weighted by atomic mass is 16.5. The maximum atomic E-state index is 7.62. The summed E-state index contributed by atoms with van der Waals surface area (Å²) in [6.45, 7) is 1.23. The van der Waals surface area contributed by atoms with E-state index < -0.39 is 0 Å². The van der Waals surface area contributed by atoms with Gasteiger partial charge in [-0.2, -0.15) is 0 Å². The first-order valence-corrected chi connectivity index (χ1v) is 7.82. The monoisotopic (exact) mass is 326 g/mol. The molecule has 2 aromatic rings. The topological polar surface area (TPSA) is 91.1 Å². The minimum absolute atomic E-state index is 0.285. The smallest absolute Gasteiger partial charge is 0.144 e. The van der Waals surface area contributed by atoms with Gasteiger partial charge in [-0.1, -0.05) is 0 Å². The van der Waals surface area contributed by atoms with E-state index in [2.05, 4.69) is 10.3 Å². The fourth-order valence-electron chi connectivity index (χ4n) is 1.99. The van der Waals surface area contributed by atoms with Gasteiger partial charge >= 0.3 is 0 Å². The lowest BCUT2D eigenvalue weighted by molar-refractivity contribution is 0.266. The Morgan fingerprint density at radius 3 is 2.21 bits per heavy atom. The molecule has 0 radical (unpaired) electrons. The molecule has 0 amide bonds. The van der Waals surface area contributed by atoms with Crippen molar-refractivity contribution in [3.05, 3.63) is 53.9 Å². The summed E-state index contributed by atoms with van der Waals surface area (Å²) in [7, 11) is 1.69. The van der Waals surface area contributed by atoms with Gasteiger partial charge in [0.1, 0.15) is 23.0 Å². The number of hydrogen-bond donors (Lipinski definition) is 3. The number of pyridine rings is 1. The zero-order valence-electron chi connectivity index (χ0n) is 13.7. The molecule has 0 spiro atoms. The Labute approximate surface area is 141 Å². The highest BCUT2D eigenvalue weighted by Crippen LogP contribution is 2.12. The second-order valence-electron chi connectivity index (χ2n) is 5.12. The number of amidine groups is 1. The largest absolute Gasteiger partial charge is 0.494 e. The molecule has 1 heterocycles. The quantitative estimate of drug-likeness (QED) is 0.375. The van der Waals surface area contributed by atoms with E-state index in [9.17, 15) is 0 Å². The van der Waals surface area contributed by atoms with Crippen molar-refractivity contribution in [2.45, 2.75) is 12.8 Å². The van der Waals surface area contributed by atoms with Crippen molar-refractivity contribution in [2.75, 3.05) is 20.3 Å². The average molecular weight is 326 g/mol. The van der Waals surface area contributed by atoms with Crippen molar-refractivity contribution in [1.29, 1.82) is 10.8 Å². The zero-order valence-corrected chi connectivity index (χ0v) is 13.7. The normalized spacial score (nSPS) is 10.0. The van der Waals surface area contributed by atoms with Gasteiger partial charge < -0.3 is 20.2 Å². The number of hydrogen-bond acceptors (Lipinski definition) is 5. The molecule has 3 N–H and O–H groups in total. The maximum Gasteiger partial charge on any atom is 0.144 e. The fraction of sp³-hybridized carbons (Fsp3) is 0.278. The molecule has 6 nitrogen and oxygen atoms in total. The van der Waals surface area contributed by atoms with Crippen LogP contribution in [0.2, 0.25) is 0 Å². The van der Waals surface area contributed by atoms with E-state index in [1.165, 1.54) is 6.21 Å². The molecule has 0 saturated carbocycles. The highest BCUT2D eigenvalue weighted by Gasteiger charge is 2.01. The molecule has 0 atom stereocenters. The SMILES string of the molecule is CNC(=N)c1ccc(OCCCCOc2ccc(C=N)cc2)cn1. The van der Waals surface area contributed by atoms with Crippen LogP contribution >= 0.6 is 0 Å². The minimum Gasteiger partial charge on any atom is -0.494 e. The Balaban J connectivity index is 1.62. The van der Waals surface area contributed by atoms with Crippen molar-refractivity contribution in [1.82, 2.24) is 10.3 Å². The number of ether oxygens (including phenoxy) is 2. The Morgan fingerprint density at radius 1 is 1.04 bits per heavy atom. The Bertz CT molecular complexity index is 654. The molecule has 126 valence electrons. The van der Waals surface area contributed by atoms with Crippen molar-refractivity contribution < 1.29 is 9.47 Å². The summed E-state index contributed by atoms with van der Waals surface area (Å²) in [6.07, 6.45) is 4.71. The van der Waals surface area contributed by atoms with Crippen LogP contribution in [0.5, 0.6) is 11.5 Å². The molecule has 1 aromatic heterocycles. The standard InChI is InChI=1S/C18H22N4O2/c1-21-18(20)17-9-8-16(13-22-17)24-11-3-2-10-23-15-6-4-14(12-19)5-7-15/h4-9,12-13,19H,2-3,10-11H2,1H3,(H2,20,21). The van der Waals surface area contributed by atoms with E-state index in [1.807, 2.05) is 30.3 Å². The number of benzene rings is 1. The first-order valence-electron chi connectivity index (χ1n) is 7.82. The van der Waals surface area contributed by atoms with Crippen LogP contribution in [0.4, 0.5) is 0 Å². The molecule has 0 aliphatic carbocycles. The summed E-state index contributed by atoms with van der Waals surface area (Å²) in [6, 6.07) is 11.0. The molecule has 24 heavy (non-hydrogen) atoms. The first-order chi connectivity index (χ1) is 11.7. The zero-order chi connectivity index (χ0) is 17.2. The lowest BCUT2D eigenvalue weighted by atomic mass is 10.2. The van der Waals surface area contributed by atoms with Gasteiger partial charge in [-0.05, 0) is 54.8 Å². The number of aromatic nitrogens is 1. The van der Waals surface area contributed by atoms with Gasteiger partial charge in [0.15, 0.2) is 0 Å². The van der Waals surface area contributed by atoms with Gasteiger partial charge in [0.05, 0.1) is 19.4 Å². The van der Waals surface area contributed by atoms with E-state index in [4.69, 9.17) is 20.3 Å². The van der Waals surface area contributed by atoms with Crippen molar-refractivity contribution in [3.63, 3.8) is 0 Å². The van der Waals surface area contributed by atoms with Gasteiger partial charge in [0.2, 0.25) is 0 Å². The Morgan fingerprint density at radius 2 is 1.67 bits per heavy atom. The van der Waals surface area contributed by atoms with Crippen LogP contribution in [0.25, 0.3) is 0 Å². The van der Waals surface area contributed by atoms with E-state index in [0.717, 1.165) is 24.2 Å². The lowest BCUT2D eigenvalue weighted by Gasteiger charge is -2.08. The van der Waals surface area contributed by atoms with Crippen LogP contribution < -0.4 is 14.8 Å². The molecule has 0 saturated heterocycles. The molecule has 0 bridgehead atoms. The molecule has 2 rings (SSSR count). The summed E-state index contributed by atoms with van der Waals surface area (Å²) in [5, 5.41) is 17.5. The van der Waals surface area contributed by atoms with Crippen LogP contribution in [0, 0.1) is 10.8 Å². The lowest BCUT2D eigenvalue weighted by Crippen LogP contribution is -2.19. The maximum absolute atomic E-state index is 7.62. The van der Waals surface area contributed by atoms with Gasteiger partial charge in [0.25, 0.3) is 0 Å². The van der Waals surface area contributed by atoms with Gasteiger partial charge in [-0.3, -0.25) is 5.41 Å².